The normalized spacial score (nSPS) is 21.3. The standard InChI is InChI=1S/C9H16N2O3S/c1-8(2,3)15(14)10-6-9(4-5-9)11-7(12)13/h6,11H,4-5H2,1-3H3,(H,12,13)/b10-6+. The van der Waals surface area contributed by atoms with Gasteiger partial charge in [-0.2, -0.15) is 0 Å². The smallest absolute Gasteiger partial charge is 0.405 e. The van der Waals surface area contributed by atoms with Gasteiger partial charge in [-0.1, -0.05) is 4.40 Å². The number of amides is 1. The van der Waals surface area contributed by atoms with Gasteiger partial charge >= 0.3 is 6.09 Å². The first-order valence-corrected chi connectivity index (χ1v) is 5.84. The SMILES string of the molecule is CC(C)(C)[S+]([O-])/N=C/C1(NC(=O)O)CC1. The van der Waals surface area contributed by atoms with Crippen LogP contribution >= 0.6 is 0 Å². The molecule has 1 amide bonds. The molecule has 1 aliphatic carbocycles. The Morgan fingerprint density at radius 3 is 2.47 bits per heavy atom. The minimum Gasteiger partial charge on any atom is -0.591 e. The lowest BCUT2D eigenvalue weighted by atomic mass is 10.3. The van der Waals surface area contributed by atoms with Gasteiger partial charge in [0.1, 0.15) is 16.1 Å². The Bertz CT molecular complexity index is 282. The summed E-state index contributed by atoms with van der Waals surface area (Å²) in [6.07, 6.45) is 1.86. The summed E-state index contributed by atoms with van der Waals surface area (Å²) >= 11 is -1.32. The highest BCUT2D eigenvalue weighted by Crippen LogP contribution is 2.34. The van der Waals surface area contributed by atoms with Crippen LogP contribution < -0.4 is 5.32 Å². The fourth-order valence-electron chi connectivity index (χ4n) is 0.941. The van der Waals surface area contributed by atoms with E-state index in [9.17, 15) is 9.35 Å². The highest BCUT2D eigenvalue weighted by Gasteiger charge is 2.44. The summed E-state index contributed by atoms with van der Waals surface area (Å²) < 4.78 is 15.1. The van der Waals surface area contributed by atoms with Crippen molar-refractivity contribution >= 4 is 23.7 Å². The average Bonchev–Trinajstić information content (AvgIpc) is 2.78. The van der Waals surface area contributed by atoms with Crippen LogP contribution in [0.25, 0.3) is 0 Å². The molecule has 1 saturated carbocycles. The monoisotopic (exact) mass is 232 g/mol. The van der Waals surface area contributed by atoms with E-state index in [1.165, 1.54) is 6.21 Å². The summed E-state index contributed by atoms with van der Waals surface area (Å²) in [7, 11) is 0. The molecule has 0 radical (unpaired) electrons. The molecule has 6 heteroatoms. The molecule has 0 aromatic heterocycles. The summed E-state index contributed by atoms with van der Waals surface area (Å²) in [5, 5.41) is 10.9. The molecule has 1 unspecified atom stereocenters. The third-order valence-electron chi connectivity index (χ3n) is 2.06. The van der Waals surface area contributed by atoms with Crippen LogP contribution in [0.15, 0.2) is 4.40 Å². The van der Waals surface area contributed by atoms with E-state index >= 15 is 0 Å². The van der Waals surface area contributed by atoms with Crippen LogP contribution in [0.1, 0.15) is 33.6 Å². The van der Waals surface area contributed by atoms with Gasteiger partial charge in [0.15, 0.2) is 0 Å². The van der Waals surface area contributed by atoms with Gasteiger partial charge < -0.3 is 15.0 Å². The lowest BCUT2D eigenvalue weighted by Crippen LogP contribution is -2.37. The maximum Gasteiger partial charge on any atom is 0.405 e. The van der Waals surface area contributed by atoms with Crippen LogP contribution in [0.5, 0.6) is 0 Å². The molecule has 0 aliphatic heterocycles. The van der Waals surface area contributed by atoms with Crippen molar-refractivity contribution in [2.24, 2.45) is 4.40 Å². The Labute approximate surface area is 92.3 Å². The number of carbonyl (C=O) groups is 1. The summed E-state index contributed by atoms with van der Waals surface area (Å²) in [4.78, 5) is 10.4. The van der Waals surface area contributed by atoms with Crippen molar-refractivity contribution in [3.8, 4) is 0 Å². The molecule has 1 atom stereocenters. The van der Waals surface area contributed by atoms with Crippen LogP contribution in [0.3, 0.4) is 0 Å². The van der Waals surface area contributed by atoms with Gasteiger partial charge in [0.05, 0.1) is 11.8 Å². The third-order valence-corrected chi connectivity index (χ3v) is 3.41. The van der Waals surface area contributed by atoms with E-state index in [0.29, 0.717) is 0 Å². The van der Waals surface area contributed by atoms with Gasteiger partial charge in [-0.3, -0.25) is 0 Å². The Balaban J connectivity index is 2.54. The van der Waals surface area contributed by atoms with Gasteiger partial charge in [-0.05, 0) is 33.6 Å². The first-order chi connectivity index (χ1) is 6.75. The second kappa shape index (κ2) is 4.02. The zero-order valence-electron chi connectivity index (χ0n) is 9.11. The molecule has 86 valence electrons. The first-order valence-electron chi connectivity index (χ1n) is 4.74. The minimum atomic E-state index is -1.32. The molecular weight excluding hydrogens is 216 g/mol. The fourth-order valence-corrected chi connectivity index (χ4v) is 1.55. The molecule has 15 heavy (non-hydrogen) atoms. The third kappa shape index (κ3) is 3.71. The summed E-state index contributed by atoms with van der Waals surface area (Å²) in [5.41, 5.74) is -0.563. The summed E-state index contributed by atoms with van der Waals surface area (Å²) in [6.45, 7) is 5.47. The van der Waals surface area contributed by atoms with Gasteiger partial charge in [-0.25, -0.2) is 4.79 Å². The van der Waals surface area contributed by atoms with E-state index in [1.54, 1.807) is 0 Å². The van der Waals surface area contributed by atoms with Crippen LogP contribution in [0.2, 0.25) is 0 Å². The Kier molecular flexibility index (Phi) is 3.30. The van der Waals surface area contributed by atoms with E-state index in [1.807, 2.05) is 20.8 Å². The Morgan fingerprint density at radius 2 is 2.13 bits per heavy atom. The number of hydrogen-bond donors (Lipinski definition) is 2. The average molecular weight is 232 g/mol. The largest absolute Gasteiger partial charge is 0.591 e. The van der Waals surface area contributed by atoms with Crippen LogP contribution in [-0.4, -0.2) is 32.3 Å². The molecule has 0 bridgehead atoms. The van der Waals surface area contributed by atoms with Crippen LogP contribution in [0.4, 0.5) is 4.79 Å². The summed E-state index contributed by atoms with van der Waals surface area (Å²) in [5.74, 6) is 0. The molecule has 1 aliphatic rings. The molecule has 1 fully saturated rings. The maximum absolute atomic E-state index is 11.6. The molecule has 0 aromatic carbocycles. The molecule has 0 spiro atoms. The molecule has 0 heterocycles. The fraction of sp³-hybridized carbons (Fsp3) is 0.778. The predicted molar refractivity (Wildman–Crippen MR) is 59.5 cm³/mol. The molecular formula is C9H16N2O3S. The van der Waals surface area contributed by atoms with Crippen molar-refractivity contribution in [3.63, 3.8) is 0 Å². The lowest BCUT2D eigenvalue weighted by molar-refractivity contribution is 0.192. The second-order valence-corrected chi connectivity index (χ2v) is 6.62. The zero-order valence-corrected chi connectivity index (χ0v) is 9.93. The first kappa shape index (κ1) is 12.3. The molecule has 5 nitrogen and oxygen atoms in total. The van der Waals surface area contributed by atoms with Crippen molar-refractivity contribution in [1.82, 2.24) is 5.32 Å². The van der Waals surface area contributed by atoms with Crippen molar-refractivity contribution < 1.29 is 14.5 Å². The number of carboxylic acid groups (broad SMARTS) is 1. The van der Waals surface area contributed by atoms with Crippen molar-refractivity contribution in [1.29, 1.82) is 0 Å². The van der Waals surface area contributed by atoms with E-state index < -0.39 is 27.7 Å². The minimum absolute atomic E-state index is 0.407. The maximum atomic E-state index is 11.6. The van der Waals surface area contributed by atoms with Crippen molar-refractivity contribution in [2.45, 2.75) is 43.9 Å². The van der Waals surface area contributed by atoms with E-state index in [-0.39, 0.29) is 0 Å². The predicted octanol–water partition coefficient (Wildman–Crippen LogP) is 1.32. The highest BCUT2D eigenvalue weighted by atomic mass is 32.2. The lowest BCUT2D eigenvalue weighted by Gasteiger charge is -2.18. The van der Waals surface area contributed by atoms with Crippen molar-refractivity contribution in [2.75, 3.05) is 0 Å². The second-order valence-electron chi connectivity index (χ2n) is 4.68. The number of rotatable bonds is 3. The van der Waals surface area contributed by atoms with E-state index in [4.69, 9.17) is 5.11 Å². The van der Waals surface area contributed by atoms with E-state index in [2.05, 4.69) is 9.71 Å². The van der Waals surface area contributed by atoms with Gasteiger partial charge in [0.25, 0.3) is 0 Å². The van der Waals surface area contributed by atoms with Gasteiger partial charge in [0.2, 0.25) is 0 Å². The summed E-state index contributed by atoms with van der Waals surface area (Å²) in [6, 6.07) is 0. The molecule has 1 rings (SSSR count). The van der Waals surface area contributed by atoms with Crippen LogP contribution in [0, 0.1) is 0 Å². The van der Waals surface area contributed by atoms with Crippen LogP contribution in [-0.2, 0) is 11.4 Å². The van der Waals surface area contributed by atoms with Gasteiger partial charge in [0, 0.05) is 0 Å². The molecule has 2 N–H and O–H groups in total. The van der Waals surface area contributed by atoms with Gasteiger partial charge in [-0.15, -0.1) is 0 Å². The highest BCUT2D eigenvalue weighted by molar-refractivity contribution is 7.91. The molecule has 0 saturated heterocycles. The number of nitrogens with one attached hydrogen (secondary N) is 1. The topological polar surface area (TPSA) is 84.8 Å². The number of nitrogens with zero attached hydrogens (tertiary/aromatic N) is 1. The van der Waals surface area contributed by atoms with Crippen molar-refractivity contribution in [3.05, 3.63) is 0 Å². The zero-order chi connectivity index (χ0) is 11.7. The number of hydrogen-bond acceptors (Lipinski definition) is 3. The Morgan fingerprint density at radius 1 is 1.60 bits per heavy atom. The van der Waals surface area contributed by atoms with E-state index in [0.717, 1.165) is 12.8 Å². The molecule has 0 aromatic rings. The quantitative estimate of drug-likeness (QED) is 0.568. The Hall–Kier alpha value is -0.750.